The molecule has 4 aliphatic rings. The van der Waals surface area contributed by atoms with Crippen LogP contribution in [0.3, 0.4) is 0 Å². The fourth-order valence-electron chi connectivity index (χ4n) is 6.37. The zero-order chi connectivity index (χ0) is 14.8. The molecule has 0 saturated heterocycles. The molecule has 0 aromatic rings. The summed E-state index contributed by atoms with van der Waals surface area (Å²) in [6.45, 7) is 4.74. The minimum atomic E-state index is 0.800. The van der Waals surface area contributed by atoms with Gasteiger partial charge in [0, 0.05) is 0 Å². The maximum atomic E-state index is 2.39. The van der Waals surface area contributed by atoms with Gasteiger partial charge in [0.05, 0.1) is 0 Å². The maximum Gasteiger partial charge on any atom is -0.0269 e. The van der Waals surface area contributed by atoms with Crippen LogP contribution in [0.25, 0.3) is 0 Å². The Morgan fingerprint density at radius 3 is 1.90 bits per heavy atom. The second-order valence-corrected chi connectivity index (χ2v) is 8.97. The van der Waals surface area contributed by atoms with Crippen LogP contribution in [0.1, 0.15) is 110 Å². The van der Waals surface area contributed by atoms with E-state index in [0.29, 0.717) is 0 Å². The highest BCUT2D eigenvalue weighted by Crippen LogP contribution is 2.63. The van der Waals surface area contributed by atoms with E-state index >= 15 is 0 Å². The smallest absolute Gasteiger partial charge is 0.0269 e. The molecule has 0 atom stereocenters. The predicted molar refractivity (Wildman–Crippen MR) is 92.4 cm³/mol. The summed E-state index contributed by atoms with van der Waals surface area (Å²) in [5.41, 5.74) is 1.61. The van der Waals surface area contributed by atoms with Crippen LogP contribution in [0.15, 0.2) is 0 Å². The summed E-state index contributed by atoms with van der Waals surface area (Å²) in [6, 6.07) is 0. The van der Waals surface area contributed by atoms with Crippen LogP contribution >= 0.6 is 0 Å². The van der Waals surface area contributed by atoms with Crippen molar-refractivity contribution in [1.29, 1.82) is 0 Å². The zero-order valence-electron chi connectivity index (χ0n) is 14.8. The Morgan fingerprint density at radius 2 is 1.38 bits per heavy atom. The van der Waals surface area contributed by atoms with Gasteiger partial charge in [-0.15, -0.1) is 0 Å². The molecule has 4 rings (SSSR count). The summed E-state index contributed by atoms with van der Waals surface area (Å²) < 4.78 is 0. The van der Waals surface area contributed by atoms with Crippen molar-refractivity contribution in [3.05, 3.63) is 0 Å². The largest absolute Gasteiger partial charge is 0.0654 e. The molecule has 0 spiro atoms. The molecule has 0 nitrogen and oxygen atoms in total. The third-order valence-electron chi connectivity index (χ3n) is 7.92. The van der Waals surface area contributed by atoms with Gasteiger partial charge in [-0.05, 0) is 80.5 Å². The van der Waals surface area contributed by atoms with Gasteiger partial charge in [0.1, 0.15) is 0 Å². The van der Waals surface area contributed by atoms with E-state index in [1.54, 1.807) is 64.2 Å². The van der Waals surface area contributed by atoms with Crippen LogP contribution in [0.5, 0.6) is 0 Å². The fraction of sp³-hybridized carbons (Fsp3) is 1.00. The van der Waals surface area contributed by atoms with E-state index in [2.05, 4.69) is 13.8 Å². The average molecular weight is 291 g/mol. The molecular weight excluding hydrogens is 252 g/mol. The Labute approximate surface area is 133 Å². The van der Waals surface area contributed by atoms with Gasteiger partial charge in [0.25, 0.3) is 0 Å². The van der Waals surface area contributed by atoms with E-state index < -0.39 is 0 Å². The topological polar surface area (TPSA) is 0 Å². The molecule has 0 radical (unpaired) electrons. The summed E-state index contributed by atoms with van der Waals surface area (Å²) >= 11 is 0. The average Bonchev–Trinajstić information content (AvgIpc) is 2.55. The van der Waals surface area contributed by atoms with Gasteiger partial charge in [0.2, 0.25) is 0 Å². The van der Waals surface area contributed by atoms with E-state index in [4.69, 9.17) is 0 Å². The molecule has 2 bridgehead atoms. The Kier molecular flexibility index (Phi) is 5.01. The van der Waals surface area contributed by atoms with Crippen molar-refractivity contribution in [2.75, 3.05) is 0 Å². The van der Waals surface area contributed by atoms with Crippen LogP contribution in [0.2, 0.25) is 0 Å². The van der Waals surface area contributed by atoms with Crippen molar-refractivity contribution in [3.8, 4) is 0 Å². The number of hydrogen-bond acceptors (Lipinski definition) is 0. The minimum absolute atomic E-state index is 0.800. The van der Waals surface area contributed by atoms with Crippen molar-refractivity contribution in [2.24, 2.45) is 22.7 Å². The third kappa shape index (κ3) is 3.20. The Balaban J connectivity index is 1.53. The number of hydrogen-bond donors (Lipinski definition) is 0. The normalized spacial score (nSPS) is 43.1. The lowest BCUT2D eigenvalue weighted by atomic mass is 9.47. The second-order valence-electron chi connectivity index (χ2n) is 8.97. The summed E-state index contributed by atoms with van der Waals surface area (Å²) in [4.78, 5) is 0. The molecule has 0 aromatic heterocycles. The number of rotatable bonds is 6. The highest BCUT2D eigenvalue weighted by molar-refractivity contribution is 5.02. The Morgan fingerprint density at radius 1 is 0.762 bits per heavy atom. The fourth-order valence-corrected chi connectivity index (χ4v) is 6.37. The first kappa shape index (κ1) is 15.9. The highest BCUT2D eigenvalue weighted by atomic mass is 14.6. The molecule has 0 N–H and O–H groups in total. The van der Waals surface area contributed by atoms with E-state index in [-0.39, 0.29) is 0 Å². The van der Waals surface area contributed by atoms with E-state index in [0.717, 1.165) is 22.7 Å². The van der Waals surface area contributed by atoms with E-state index in [1.807, 2.05) is 0 Å². The van der Waals surface area contributed by atoms with Gasteiger partial charge < -0.3 is 0 Å². The second kappa shape index (κ2) is 6.63. The predicted octanol–water partition coefficient (Wildman–Crippen LogP) is 7.12. The maximum absolute atomic E-state index is 2.39. The minimum Gasteiger partial charge on any atom is -0.0654 e. The van der Waals surface area contributed by atoms with Crippen LogP contribution in [0.4, 0.5) is 0 Å². The van der Waals surface area contributed by atoms with Crippen LogP contribution in [-0.4, -0.2) is 0 Å². The summed E-state index contributed by atoms with van der Waals surface area (Å²) in [5, 5.41) is 0. The van der Waals surface area contributed by atoms with Crippen LogP contribution in [-0.2, 0) is 0 Å². The van der Waals surface area contributed by atoms with Crippen molar-refractivity contribution in [2.45, 2.75) is 110 Å². The van der Waals surface area contributed by atoms with Gasteiger partial charge in [0.15, 0.2) is 0 Å². The lowest BCUT2D eigenvalue weighted by Crippen LogP contribution is -2.46. The Bertz CT molecular complexity index is 296. The summed E-state index contributed by atoms with van der Waals surface area (Å²) in [7, 11) is 0. The number of fused-ring (bicyclic) bond motifs is 3. The van der Waals surface area contributed by atoms with Gasteiger partial charge in [-0.3, -0.25) is 0 Å². The molecule has 0 aliphatic heterocycles. The van der Waals surface area contributed by atoms with Gasteiger partial charge in [-0.25, -0.2) is 0 Å². The molecule has 0 heteroatoms. The lowest BCUT2D eigenvalue weighted by molar-refractivity contribution is -0.0648. The van der Waals surface area contributed by atoms with Crippen molar-refractivity contribution < 1.29 is 0 Å². The highest BCUT2D eigenvalue weighted by Gasteiger charge is 2.51. The van der Waals surface area contributed by atoms with Gasteiger partial charge >= 0.3 is 0 Å². The number of unbranched alkanes of at least 4 members (excludes halogenated alkanes) is 1. The third-order valence-corrected chi connectivity index (χ3v) is 7.92. The van der Waals surface area contributed by atoms with Crippen LogP contribution in [0, 0.1) is 22.7 Å². The van der Waals surface area contributed by atoms with E-state index in [1.165, 1.54) is 32.1 Å². The zero-order valence-corrected chi connectivity index (χ0v) is 14.8. The molecule has 0 amide bonds. The molecule has 0 aromatic carbocycles. The molecule has 0 heterocycles. The van der Waals surface area contributed by atoms with Crippen molar-refractivity contribution in [1.82, 2.24) is 0 Å². The lowest BCUT2D eigenvalue weighted by Gasteiger charge is -2.58. The molecule has 21 heavy (non-hydrogen) atoms. The van der Waals surface area contributed by atoms with Gasteiger partial charge in [-0.1, -0.05) is 52.4 Å². The molecular formula is C21H38. The SMILES string of the molecule is CCCCC1CCC(C23CCC(CCC)(CC2)CC3)CC1. The Hall–Kier alpha value is 0. The molecule has 122 valence electrons. The molecule has 4 fully saturated rings. The molecule has 4 saturated carbocycles. The molecule has 0 unspecified atom stereocenters. The first-order chi connectivity index (χ1) is 10.2. The molecule has 4 aliphatic carbocycles. The van der Waals surface area contributed by atoms with Crippen LogP contribution < -0.4 is 0 Å². The van der Waals surface area contributed by atoms with E-state index in [9.17, 15) is 0 Å². The summed E-state index contributed by atoms with van der Waals surface area (Å²) in [5.74, 6) is 2.19. The first-order valence-electron chi connectivity index (χ1n) is 10.2. The van der Waals surface area contributed by atoms with Crippen molar-refractivity contribution >= 4 is 0 Å². The van der Waals surface area contributed by atoms with Gasteiger partial charge in [-0.2, -0.15) is 0 Å². The van der Waals surface area contributed by atoms with Crippen molar-refractivity contribution in [3.63, 3.8) is 0 Å². The summed E-state index contributed by atoms with van der Waals surface area (Å²) in [6.07, 6.45) is 23.1. The monoisotopic (exact) mass is 290 g/mol. The standard InChI is InChI=1S/C21H38/c1-3-5-6-18-7-9-19(10-8-18)21-15-12-20(11-4-2,13-16-21)14-17-21/h18-19H,3-17H2,1-2H3. The quantitative estimate of drug-likeness (QED) is 0.488. The first-order valence-corrected chi connectivity index (χ1v) is 10.2.